The zero-order valence-corrected chi connectivity index (χ0v) is 9.56. The van der Waals surface area contributed by atoms with Crippen LogP contribution in [-0.2, 0) is 6.54 Å². The number of nitrogens with zero attached hydrogens (tertiary/aromatic N) is 6. The Morgan fingerprint density at radius 3 is 3.17 bits per heavy atom. The molecule has 0 radical (unpaired) electrons. The van der Waals surface area contributed by atoms with Crippen molar-refractivity contribution in [3.8, 4) is 0 Å². The lowest BCUT2D eigenvalue weighted by molar-refractivity contribution is 0.637. The van der Waals surface area contributed by atoms with E-state index in [4.69, 9.17) is 5.73 Å². The van der Waals surface area contributed by atoms with Crippen LogP contribution >= 0.6 is 0 Å². The number of hydrogen-bond acceptors (Lipinski definition) is 6. The average Bonchev–Trinajstić information content (AvgIpc) is 2.98. The van der Waals surface area contributed by atoms with Gasteiger partial charge in [0.05, 0.1) is 18.4 Å². The number of nitrogens with two attached hydrogens (primary N) is 1. The van der Waals surface area contributed by atoms with Crippen LogP contribution in [0.25, 0.3) is 5.65 Å². The van der Waals surface area contributed by atoms with E-state index >= 15 is 0 Å². The molecular weight excluding hydrogens is 232 g/mol. The summed E-state index contributed by atoms with van der Waals surface area (Å²) in [6.07, 6.45) is 8.54. The highest BCUT2D eigenvalue weighted by molar-refractivity contribution is 5.61. The number of nitrogen functional groups attached to an aromatic ring is 1. The third-order valence-corrected chi connectivity index (χ3v) is 2.50. The van der Waals surface area contributed by atoms with Gasteiger partial charge in [0, 0.05) is 25.1 Å². The second-order valence-corrected chi connectivity index (χ2v) is 3.80. The largest absolute Gasteiger partial charge is 0.396 e. The molecule has 0 bridgehead atoms. The van der Waals surface area contributed by atoms with Crippen molar-refractivity contribution in [2.45, 2.75) is 6.54 Å². The molecule has 0 aliphatic heterocycles. The fourth-order valence-corrected chi connectivity index (χ4v) is 1.67. The number of hydrogen-bond donors (Lipinski definition) is 2. The minimum atomic E-state index is 0.660. The van der Waals surface area contributed by atoms with Crippen molar-refractivity contribution >= 4 is 17.2 Å². The summed E-state index contributed by atoms with van der Waals surface area (Å²) in [6.45, 7) is 1.38. The van der Waals surface area contributed by atoms with Crippen LogP contribution < -0.4 is 11.1 Å². The number of nitrogens with one attached hydrogen (secondary N) is 1. The second-order valence-electron chi connectivity index (χ2n) is 3.80. The minimum absolute atomic E-state index is 0.660. The molecule has 0 saturated heterocycles. The fraction of sp³-hybridized carbons (Fsp3) is 0.200. The van der Waals surface area contributed by atoms with Gasteiger partial charge in [-0.05, 0) is 0 Å². The average molecular weight is 244 g/mol. The first kappa shape index (κ1) is 10.5. The zero-order valence-electron chi connectivity index (χ0n) is 9.56. The summed E-state index contributed by atoms with van der Waals surface area (Å²) in [4.78, 5) is 4.23. The molecule has 0 aliphatic rings. The molecule has 8 nitrogen and oxygen atoms in total. The maximum Gasteiger partial charge on any atom is 0.203 e. The Hall–Kier alpha value is -2.64. The topological polar surface area (TPSA) is 98.9 Å². The standard InChI is InChI=1S/C10H12N8/c11-8-5-15-18(6-8)4-2-13-9-10-16-14-7-17(10)3-1-12-9/h1,3,5-7H,2,4,11H2,(H,12,13). The Morgan fingerprint density at radius 2 is 2.33 bits per heavy atom. The summed E-state index contributed by atoms with van der Waals surface area (Å²) in [5, 5.41) is 15.1. The van der Waals surface area contributed by atoms with E-state index in [1.165, 1.54) is 0 Å². The lowest BCUT2D eigenvalue weighted by Gasteiger charge is -2.05. The molecule has 3 aromatic rings. The van der Waals surface area contributed by atoms with Crippen molar-refractivity contribution in [3.63, 3.8) is 0 Å². The molecule has 0 aliphatic carbocycles. The van der Waals surface area contributed by atoms with Gasteiger partial charge in [0.1, 0.15) is 6.33 Å². The SMILES string of the molecule is Nc1cnn(CCNc2nccn3cnnc23)c1. The molecule has 3 heterocycles. The van der Waals surface area contributed by atoms with Gasteiger partial charge in [0.2, 0.25) is 5.65 Å². The first-order chi connectivity index (χ1) is 8.83. The molecule has 0 amide bonds. The van der Waals surface area contributed by atoms with Crippen molar-refractivity contribution in [1.29, 1.82) is 0 Å². The van der Waals surface area contributed by atoms with E-state index in [1.807, 2.05) is 0 Å². The molecule has 3 N–H and O–H groups in total. The maximum atomic E-state index is 5.58. The molecule has 8 heteroatoms. The van der Waals surface area contributed by atoms with E-state index in [9.17, 15) is 0 Å². The smallest absolute Gasteiger partial charge is 0.203 e. The van der Waals surface area contributed by atoms with Crippen LogP contribution in [0.2, 0.25) is 0 Å². The fourth-order valence-electron chi connectivity index (χ4n) is 1.67. The number of anilines is 2. The van der Waals surface area contributed by atoms with E-state index in [0.717, 1.165) is 0 Å². The van der Waals surface area contributed by atoms with Crippen LogP contribution in [0.4, 0.5) is 11.5 Å². The van der Waals surface area contributed by atoms with Crippen LogP contribution in [0.15, 0.2) is 31.1 Å². The Morgan fingerprint density at radius 1 is 1.39 bits per heavy atom. The van der Waals surface area contributed by atoms with Gasteiger partial charge in [-0.1, -0.05) is 0 Å². The quantitative estimate of drug-likeness (QED) is 0.671. The highest BCUT2D eigenvalue weighted by Crippen LogP contribution is 2.09. The summed E-state index contributed by atoms with van der Waals surface area (Å²) in [6, 6.07) is 0. The Bertz CT molecular complexity index is 655. The summed E-state index contributed by atoms with van der Waals surface area (Å²) in [5.74, 6) is 0.704. The Labute approximate surface area is 102 Å². The van der Waals surface area contributed by atoms with Gasteiger partial charge >= 0.3 is 0 Å². The van der Waals surface area contributed by atoms with Gasteiger partial charge in [-0.15, -0.1) is 10.2 Å². The maximum absolute atomic E-state index is 5.58. The number of fused-ring (bicyclic) bond motifs is 1. The van der Waals surface area contributed by atoms with E-state index in [2.05, 4.69) is 25.6 Å². The predicted molar refractivity (Wildman–Crippen MR) is 65.9 cm³/mol. The zero-order chi connectivity index (χ0) is 12.4. The normalized spacial score (nSPS) is 10.9. The number of aromatic nitrogens is 6. The lowest BCUT2D eigenvalue weighted by atomic mass is 10.5. The van der Waals surface area contributed by atoms with Crippen molar-refractivity contribution < 1.29 is 0 Å². The van der Waals surface area contributed by atoms with Crippen LogP contribution in [0.3, 0.4) is 0 Å². The molecule has 18 heavy (non-hydrogen) atoms. The summed E-state index contributed by atoms with van der Waals surface area (Å²) >= 11 is 0. The molecule has 3 aromatic heterocycles. The number of rotatable bonds is 4. The van der Waals surface area contributed by atoms with Crippen molar-refractivity contribution in [1.82, 2.24) is 29.4 Å². The van der Waals surface area contributed by atoms with E-state index < -0.39 is 0 Å². The van der Waals surface area contributed by atoms with Crippen molar-refractivity contribution in [2.75, 3.05) is 17.6 Å². The first-order valence-corrected chi connectivity index (χ1v) is 5.49. The molecule has 0 aromatic carbocycles. The highest BCUT2D eigenvalue weighted by atomic mass is 15.3. The summed E-state index contributed by atoms with van der Waals surface area (Å²) in [7, 11) is 0. The van der Waals surface area contributed by atoms with Crippen molar-refractivity contribution in [2.24, 2.45) is 0 Å². The molecule has 92 valence electrons. The third kappa shape index (κ3) is 1.95. The third-order valence-electron chi connectivity index (χ3n) is 2.50. The molecule has 0 saturated carbocycles. The monoisotopic (exact) mass is 244 g/mol. The molecular formula is C10H12N8. The molecule has 0 atom stereocenters. The van der Waals surface area contributed by atoms with Gasteiger partial charge in [0.25, 0.3) is 0 Å². The molecule has 0 fully saturated rings. The van der Waals surface area contributed by atoms with Gasteiger partial charge in [-0.2, -0.15) is 5.10 Å². The van der Waals surface area contributed by atoms with E-state index in [0.29, 0.717) is 30.2 Å². The highest BCUT2D eigenvalue weighted by Gasteiger charge is 2.03. The van der Waals surface area contributed by atoms with Gasteiger partial charge in [0.15, 0.2) is 5.82 Å². The van der Waals surface area contributed by atoms with Crippen LogP contribution in [-0.4, -0.2) is 35.9 Å². The lowest BCUT2D eigenvalue weighted by Crippen LogP contribution is -2.12. The first-order valence-electron chi connectivity index (χ1n) is 5.49. The van der Waals surface area contributed by atoms with Gasteiger partial charge in [-0.25, -0.2) is 4.98 Å². The Balaban J connectivity index is 1.68. The van der Waals surface area contributed by atoms with Crippen LogP contribution in [0.1, 0.15) is 0 Å². The molecule has 3 rings (SSSR count). The van der Waals surface area contributed by atoms with Crippen molar-refractivity contribution in [3.05, 3.63) is 31.1 Å². The van der Waals surface area contributed by atoms with E-state index in [1.54, 1.807) is 40.2 Å². The van der Waals surface area contributed by atoms with Gasteiger partial charge < -0.3 is 11.1 Å². The predicted octanol–water partition coefficient (Wildman–Crippen LogP) is 0.0151. The summed E-state index contributed by atoms with van der Waals surface area (Å²) < 4.78 is 3.58. The summed E-state index contributed by atoms with van der Waals surface area (Å²) in [5.41, 5.74) is 6.95. The van der Waals surface area contributed by atoms with Gasteiger partial charge in [-0.3, -0.25) is 9.08 Å². The van der Waals surface area contributed by atoms with Crippen LogP contribution in [0.5, 0.6) is 0 Å². The van der Waals surface area contributed by atoms with Crippen LogP contribution in [0, 0.1) is 0 Å². The minimum Gasteiger partial charge on any atom is -0.396 e. The second kappa shape index (κ2) is 4.32. The molecule has 0 spiro atoms. The molecule has 0 unspecified atom stereocenters. The van der Waals surface area contributed by atoms with E-state index in [-0.39, 0.29) is 0 Å². The Kier molecular flexibility index (Phi) is 2.52.